The van der Waals surface area contributed by atoms with Crippen LogP contribution in [0.15, 0.2) is 12.2 Å². The average molecular weight is 308 g/mol. The number of amides is 2. The Labute approximate surface area is 132 Å². The van der Waals surface area contributed by atoms with Crippen molar-refractivity contribution in [3.63, 3.8) is 0 Å². The third-order valence-electron chi connectivity index (χ3n) is 4.12. The molecular formula is C17H28N2O3. The smallest absolute Gasteiger partial charge is 0.407 e. The Morgan fingerprint density at radius 2 is 1.64 bits per heavy atom. The Morgan fingerprint density at radius 3 is 2.23 bits per heavy atom. The van der Waals surface area contributed by atoms with Crippen molar-refractivity contribution < 1.29 is 14.3 Å². The van der Waals surface area contributed by atoms with E-state index in [9.17, 15) is 9.59 Å². The first-order valence-electron chi connectivity index (χ1n) is 8.28. The second-order valence-corrected chi connectivity index (χ2v) is 7.36. The van der Waals surface area contributed by atoms with Crippen LogP contribution < -0.4 is 10.6 Å². The molecule has 22 heavy (non-hydrogen) atoms. The van der Waals surface area contributed by atoms with Crippen LogP contribution in [-0.2, 0) is 9.53 Å². The van der Waals surface area contributed by atoms with Crippen LogP contribution >= 0.6 is 0 Å². The lowest BCUT2D eigenvalue weighted by Crippen LogP contribution is -2.47. The van der Waals surface area contributed by atoms with Gasteiger partial charge in [0, 0.05) is 18.0 Å². The molecule has 1 saturated carbocycles. The Bertz CT molecular complexity index is 432. The topological polar surface area (TPSA) is 67.4 Å². The summed E-state index contributed by atoms with van der Waals surface area (Å²) in [6.07, 6.45) is 9.17. The molecule has 0 unspecified atom stereocenters. The van der Waals surface area contributed by atoms with Crippen molar-refractivity contribution in [3.05, 3.63) is 12.2 Å². The van der Waals surface area contributed by atoms with Gasteiger partial charge < -0.3 is 15.4 Å². The van der Waals surface area contributed by atoms with Crippen molar-refractivity contribution >= 4 is 12.0 Å². The number of alkyl carbamates (subject to hydrolysis) is 1. The molecule has 0 saturated heterocycles. The Morgan fingerprint density at radius 1 is 1.05 bits per heavy atom. The lowest BCUT2D eigenvalue weighted by Gasteiger charge is -2.31. The van der Waals surface area contributed by atoms with Gasteiger partial charge in [0.25, 0.3) is 0 Å². The molecule has 0 aromatic carbocycles. The maximum Gasteiger partial charge on any atom is 0.407 e. The largest absolute Gasteiger partial charge is 0.444 e. The molecule has 1 fully saturated rings. The minimum Gasteiger partial charge on any atom is -0.444 e. The lowest BCUT2D eigenvalue weighted by molar-refractivity contribution is -0.125. The maximum absolute atomic E-state index is 12.2. The van der Waals surface area contributed by atoms with Crippen molar-refractivity contribution in [2.45, 2.75) is 77.0 Å². The Kier molecular flexibility index (Phi) is 5.48. The quantitative estimate of drug-likeness (QED) is 0.788. The first kappa shape index (κ1) is 16.8. The molecule has 124 valence electrons. The van der Waals surface area contributed by atoms with Gasteiger partial charge in [-0.25, -0.2) is 4.79 Å². The number of hydrogen-bond acceptors (Lipinski definition) is 3. The molecule has 2 atom stereocenters. The fourth-order valence-corrected chi connectivity index (χ4v) is 3.08. The van der Waals surface area contributed by atoms with E-state index in [-0.39, 0.29) is 30.0 Å². The van der Waals surface area contributed by atoms with Crippen molar-refractivity contribution in [2.75, 3.05) is 0 Å². The number of carbonyl (C=O) groups excluding carboxylic acids is 2. The van der Waals surface area contributed by atoms with Gasteiger partial charge in [0.2, 0.25) is 5.91 Å². The van der Waals surface area contributed by atoms with E-state index in [1.54, 1.807) is 0 Å². The lowest BCUT2D eigenvalue weighted by atomic mass is 9.90. The molecule has 0 radical (unpaired) electrons. The summed E-state index contributed by atoms with van der Waals surface area (Å²) in [6, 6.07) is 0.234. The van der Waals surface area contributed by atoms with Crippen molar-refractivity contribution in [2.24, 2.45) is 5.92 Å². The zero-order chi connectivity index (χ0) is 16.2. The Hall–Kier alpha value is -1.52. The number of carbonyl (C=O) groups is 2. The van der Waals surface area contributed by atoms with Crippen molar-refractivity contribution in [1.29, 1.82) is 0 Å². The highest BCUT2D eigenvalue weighted by atomic mass is 16.6. The monoisotopic (exact) mass is 308 g/mol. The van der Waals surface area contributed by atoms with Gasteiger partial charge in [-0.15, -0.1) is 0 Å². The molecule has 2 amide bonds. The van der Waals surface area contributed by atoms with Gasteiger partial charge in [0.15, 0.2) is 0 Å². The van der Waals surface area contributed by atoms with Gasteiger partial charge in [-0.3, -0.25) is 4.79 Å². The number of rotatable bonds is 3. The zero-order valence-electron chi connectivity index (χ0n) is 13.9. The van der Waals surface area contributed by atoms with Gasteiger partial charge in [0.1, 0.15) is 5.60 Å². The van der Waals surface area contributed by atoms with Crippen LogP contribution in [-0.4, -0.2) is 29.7 Å². The first-order valence-corrected chi connectivity index (χ1v) is 8.28. The fraction of sp³-hybridized carbons (Fsp3) is 0.765. The van der Waals surface area contributed by atoms with Gasteiger partial charge in [-0.2, -0.15) is 0 Å². The molecule has 0 bridgehead atoms. The van der Waals surface area contributed by atoms with Gasteiger partial charge in [-0.05, 0) is 59.3 Å². The molecule has 0 aromatic heterocycles. The highest BCUT2D eigenvalue weighted by Gasteiger charge is 2.28. The van der Waals surface area contributed by atoms with Crippen LogP contribution in [0.3, 0.4) is 0 Å². The van der Waals surface area contributed by atoms with Crippen molar-refractivity contribution in [1.82, 2.24) is 10.6 Å². The number of hydrogen-bond donors (Lipinski definition) is 2. The minimum atomic E-state index is -0.484. The third kappa shape index (κ3) is 5.35. The second kappa shape index (κ2) is 7.16. The van der Waals surface area contributed by atoms with Crippen LogP contribution in [0.5, 0.6) is 0 Å². The van der Waals surface area contributed by atoms with E-state index < -0.39 is 5.60 Å². The van der Waals surface area contributed by atoms with Crippen LogP contribution in [0.4, 0.5) is 4.79 Å². The molecule has 5 nitrogen and oxygen atoms in total. The standard InChI is InChI=1S/C17H28N2O3/c1-17(2,3)22-16(21)19-14-10-6-9-13(11-14)18-15(20)12-7-4-5-8-12/h4-5,12-14H,6-11H2,1-3H3,(H,18,20)(H,19,21)/t13-,14-/m1/s1. The molecule has 0 aromatic rings. The predicted molar refractivity (Wildman–Crippen MR) is 85.4 cm³/mol. The highest BCUT2D eigenvalue weighted by Crippen LogP contribution is 2.22. The highest BCUT2D eigenvalue weighted by molar-refractivity contribution is 5.79. The van der Waals surface area contributed by atoms with E-state index >= 15 is 0 Å². The third-order valence-corrected chi connectivity index (χ3v) is 4.12. The number of allylic oxidation sites excluding steroid dienone is 2. The van der Waals surface area contributed by atoms with E-state index in [4.69, 9.17) is 4.74 Å². The fourth-order valence-electron chi connectivity index (χ4n) is 3.08. The minimum absolute atomic E-state index is 0.0793. The summed E-state index contributed by atoms with van der Waals surface area (Å²) < 4.78 is 5.29. The second-order valence-electron chi connectivity index (χ2n) is 7.36. The van der Waals surface area contributed by atoms with Crippen molar-refractivity contribution in [3.8, 4) is 0 Å². The van der Waals surface area contributed by atoms with E-state index in [1.165, 1.54) is 0 Å². The molecule has 0 aliphatic heterocycles. The number of ether oxygens (including phenoxy) is 1. The number of nitrogens with one attached hydrogen (secondary N) is 2. The van der Waals surface area contributed by atoms with Gasteiger partial charge >= 0.3 is 6.09 Å². The summed E-state index contributed by atoms with van der Waals surface area (Å²) in [5.41, 5.74) is -0.484. The molecule has 2 aliphatic rings. The Balaban J connectivity index is 1.76. The summed E-state index contributed by atoms with van der Waals surface area (Å²) in [7, 11) is 0. The summed E-state index contributed by atoms with van der Waals surface area (Å²) >= 11 is 0. The van der Waals surface area contributed by atoms with E-state index in [0.717, 1.165) is 38.5 Å². The van der Waals surface area contributed by atoms with Crippen LogP contribution in [0.1, 0.15) is 59.3 Å². The summed E-state index contributed by atoms with van der Waals surface area (Å²) in [5.74, 6) is 0.243. The summed E-state index contributed by atoms with van der Waals surface area (Å²) in [4.78, 5) is 24.0. The molecule has 0 heterocycles. The summed E-state index contributed by atoms with van der Waals surface area (Å²) in [5, 5.41) is 6.06. The molecule has 0 spiro atoms. The molecule has 2 N–H and O–H groups in total. The van der Waals surface area contributed by atoms with Gasteiger partial charge in [0.05, 0.1) is 0 Å². The average Bonchev–Trinajstić information content (AvgIpc) is 2.90. The molecular weight excluding hydrogens is 280 g/mol. The van der Waals surface area contributed by atoms with Crippen LogP contribution in [0.2, 0.25) is 0 Å². The van der Waals surface area contributed by atoms with E-state index in [2.05, 4.69) is 22.8 Å². The van der Waals surface area contributed by atoms with Crippen LogP contribution in [0, 0.1) is 5.92 Å². The SMILES string of the molecule is CC(C)(C)OC(=O)N[C@@H]1CCC[C@@H](NC(=O)C2CC=CC2)C1. The van der Waals surface area contributed by atoms with E-state index in [0.29, 0.717) is 0 Å². The predicted octanol–water partition coefficient (Wildman–Crippen LogP) is 2.90. The normalized spacial score (nSPS) is 25.8. The van der Waals surface area contributed by atoms with Crippen LogP contribution in [0.25, 0.3) is 0 Å². The van der Waals surface area contributed by atoms with E-state index in [1.807, 2.05) is 20.8 Å². The summed E-state index contributed by atoms with van der Waals surface area (Å²) in [6.45, 7) is 5.56. The molecule has 2 rings (SSSR count). The first-order chi connectivity index (χ1) is 10.3. The molecule has 5 heteroatoms. The van der Waals surface area contributed by atoms with Gasteiger partial charge in [-0.1, -0.05) is 12.2 Å². The molecule has 2 aliphatic carbocycles. The zero-order valence-corrected chi connectivity index (χ0v) is 13.9. The maximum atomic E-state index is 12.2.